The topological polar surface area (TPSA) is 39.1 Å². The molecule has 1 rings (SSSR count). The van der Waals surface area contributed by atoms with Crippen LogP contribution in [0.5, 0.6) is 0 Å². The van der Waals surface area contributed by atoms with Gasteiger partial charge in [0, 0.05) is 12.1 Å². The summed E-state index contributed by atoms with van der Waals surface area (Å²) in [6.45, 7) is 13.2. The second-order valence-corrected chi connectivity index (χ2v) is 6.62. The van der Waals surface area contributed by atoms with Gasteiger partial charge in [0.05, 0.1) is 6.07 Å². The standard InChI is InChI=1S/C16H31N3/c1-6-9-18-16(5,12-17)11-14(4)19-10-7-8-15(19)13(2)3/h13-15,18H,6-11H2,1-5H3. The summed E-state index contributed by atoms with van der Waals surface area (Å²) in [4.78, 5) is 2.62. The van der Waals surface area contributed by atoms with E-state index in [2.05, 4.69) is 44.0 Å². The monoisotopic (exact) mass is 265 g/mol. The molecule has 1 heterocycles. The predicted molar refractivity (Wildman–Crippen MR) is 81.0 cm³/mol. The molecule has 3 unspecified atom stereocenters. The van der Waals surface area contributed by atoms with Crippen LogP contribution >= 0.6 is 0 Å². The normalized spacial score (nSPS) is 25.2. The zero-order valence-corrected chi connectivity index (χ0v) is 13.4. The molecule has 0 aromatic rings. The minimum atomic E-state index is -0.389. The van der Waals surface area contributed by atoms with Gasteiger partial charge in [0.1, 0.15) is 5.54 Å². The van der Waals surface area contributed by atoms with Crippen LogP contribution in [0.25, 0.3) is 0 Å². The van der Waals surface area contributed by atoms with Crippen molar-refractivity contribution in [3.63, 3.8) is 0 Å². The van der Waals surface area contributed by atoms with Gasteiger partial charge in [0.25, 0.3) is 0 Å². The van der Waals surface area contributed by atoms with E-state index in [1.165, 1.54) is 19.4 Å². The summed E-state index contributed by atoms with van der Waals surface area (Å²) in [7, 11) is 0. The average Bonchev–Trinajstić information content (AvgIpc) is 2.85. The molecule has 0 aromatic heterocycles. The molecule has 0 radical (unpaired) electrons. The van der Waals surface area contributed by atoms with Crippen molar-refractivity contribution in [3.8, 4) is 6.07 Å². The Morgan fingerprint density at radius 1 is 1.42 bits per heavy atom. The highest BCUT2D eigenvalue weighted by Gasteiger charge is 2.34. The van der Waals surface area contributed by atoms with E-state index in [0.717, 1.165) is 19.4 Å². The first-order chi connectivity index (χ1) is 8.93. The first kappa shape index (κ1) is 16.5. The Hall–Kier alpha value is -0.590. The van der Waals surface area contributed by atoms with Gasteiger partial charge >= 0.3 is 0 Å². The highest BCUT2D eigenvalue weighted by Crippen LogP contribution is 2.28. The van der Waals surface area contributed by atoms with Crippen LogP contribution in [0.4, 0.5) is 0 Å². The fourth-order valence-corrected chi connectivity index (χ4v) is 3.34. The fraction of sp³-hybridized carbons (Fsp3) is 0.938. The van der Waals surface area contributed by atoms with E-state index in [-0.39, 0.29) is 5.54 Å². The van der Waals surface area contributed by atoms with Crippen LogP contribution in [0.1, 0.15) is 60.3 Å². The fourth-order valence-electron chi connectivity index (χ4n) is 3.34. The minimum absolute atomic E-state index is 0.389. The third-order valence-corrected chi connectivity index (χ3v) is 4.39. The van der Waals surface area contributed by atoms with Gasteiger partial charge < -0.3 is 0 Å². The van der Waals surface area contributed by atoms with Crippen LogP contribution in [0.3, 0.4) is 0 Å². The quantitative estimate of drug-likeness (QED) is 0.768. The third kappa shape index (κ3) is 4.47. The van der Waals surface area contributed by atoms with Crippen molar-refractivity contribution in [2.75, 3.05) is 13.1 Å². The summed E-state index contributed by atoms with van der Waals surface area (Å²) in [5.41, 5.74) is -0.389. The lowest BCUT2D eigenvalue weighted by Crippen LogP contribution is -2.49. The molecule has 3 atom stereocenters. The number of nitrogens with zero attached hydrogens (tertiary/aromatic N) is 2. The first-order valence-electron chi connectivity index (χ1n) is 7.85. The van der Waals surface area contributed by atoms with E-state index in [4.69, 9.17) is 0 Å². The highest BCUT2D eigenvalue weighted by molar-refractivity contribution is 5.06. The predicted octanol–water partition coefficient (Wildman–Crippen LogP) is 3.17. The molecular weight excluding hydrogens is 234 g/mol. The smallest absolute Gasteiger partial charge is 0.105 e. The van der Waals surface area contributed by atoms with Gasteiger partial charge in [-0.1, -0.05) is 20.8 Å². The highest BCUT2D eigenvalue weighted by atomic mass is 15.2. The zero-order valence-electron chi connectivity index (χ0n) is 13.4. The SMILES string of the molecule is CCCNC(C)(C#N)CC(C)N1CCCC1C(C)C. The molecule has 0 aliphatic carbocycles. The van der Waals surface area contributed by atoms with Crippen LogP contribution in [-0.4, -0.2) is 35.6 Å². The molecule has 1 aliphatic heterocycles. The molecule has 0 saturated carbocycles. The number of hydrogen-bond acceptors (Lipinski definition) is 3. The molecule has 3 heteroatoms. The molecule has 3 nitrogen and oxygen atoms in total. The van der Waals surface area contributed by atoms with Crippen LogP contribution in [0, 0.1) is 17.2 Å². The van der Waals surface area contributed by atoms with Gasteiger partial charge in [-0.2, -0.15) is 5.26 Å². The van der Waals surface area contributed by atoms with Gasteiger partial charge in [-0.3, -0.25) is 10.2 Å². The van der Waals surface area contributed by atoms with Crippen molar-refractivity contribution >= 4 is 0 Å². The maximum Gasteiger partial charge on any atom is 0.105 e. The Balaban J connectivity index is 2.62. The van der Waals surface area contributed by atoms with E-state index in [1.54, 1.807) is 0 Å². The zero-order chi connectivity index (χ0) is 14.5. The number of nitriles is 1. The lowest BCUT2D eigenvalue weighted by molar-refractivity contribution is 0.133. The van der Waals surface area contributed by atoms with Gasteiger partial charge in [0.15, 0.2) is 0 Å². The summed E-state index contributed by atoms with van der Waals surface area (Å²) in [6, 6.07) is 3.65. The number of nitrogens with one attached hydrogen (secondary N) is 1. The van der Waals surface area contributed by atoms with Gasteiger partial charge in [-0.05, 0) is 58.5 Å². The maximum absolute atomic E-state index is 9.45. The molecule has 1 saturated heterocycles. The molecule has 1 fully saturated rings. The second-order valence-electron chi connectivity index (χ2n) is 6.62. The maximum atomic E-state index is 9.45. The van der Waals surface area contributed by atoms with Gasteiger partial charge in [0.2, 0.25) is 0 Å². The molecule has 1 aliphatic rings. The number of likely N-dealkylation sites (tertiary alicyclic amines) is 1. The second kappa shape index (κ2) is 7.26. The lowest BCUT2D eigenvalue weighted by Gasteiger charge is -2.36. The minimum Gasteiger partial charge on any atom is -0.300 e. The van der Waals surface area contributed by atoms with E-state index >= 15 is 0 Å². The summed E-state index contributed by atoms with van der Waals surface area (Å²) < 4.78 is 0. The molecule has 0 aromatic carbocycles. The van der Waals surface area contributed by atoms with E-state index < -0.39 is 0 Å². The molecule has 0 amide bonds. The summed E-state index contributed by atoms with van der Waals surface area (Å²) in [6.07, 6.45) is 4.60. The van der Waals surface area contributed by atoms with Crippen molar-refractivity contribution in [2.45, 2.75) is 77.9 Å². The van der Waals surface area contributed by atoms with E-state index in [0.29, 0.717) is 18.0 Å². The molecule has 1 N–H and O–H groups in total. The van der Waals surface area contributed by atoms with Crippen molar-refractivity contribution < 1.29 is 0 Å². The van der Waals surface area contributed by atoms with Crippen molar-refractivity contribution in [1.29, 1.82) is 5.26 Å². The van der Waals surface area contributed by atoms with Crippen molar-refractivity contribution in [1.82, 2.24) is 10.2 Å². The molecule has 110 valence electrons. The number of rotatable bonds is 7. The van der Waals surface area contributed by atoms with Crippen LogP contribution in [0.15, 0.2) is 0 Å². The average molecular weight is 265 g/mol. The van der Waals surface area contributed by atoms with Gasteiger partial charge in [-0.15, -0.1) is 0 Å². The van der Waals surface area contributed by atoms with Crippen LogP contribution < -0.4 is 5.32 Å². The summed E-state index contributed by atoms with van der Waals surface area (Å²) >= 11 is 0. The van der Waals surface area contributed by atoms with Crippen molar-refractivity contribution in [3.05, 3.63) is 0 Å². The largest absolute Gasteiger partial charge is 0.300 e. The molecule has 19 heavy (non-hydrogen) atoms. The molecule has 0 spiro atoms. The summed E-state index contributed by atoms with van der Waals surface area (Å²) in [5.74, 6) is 0.710. The van der Waals surface area contributed by atoms with E-state index in [1.807, 2.05) is 6.92 Å². The molecule has 0 bridgehead atoms. The number of hydrogen-bond donors (Lipinski definition) is 1. The van der Waals surface area contributed by atoms with Gasteiger partial charge in [-0.25, -0.2) is 0 Å². The molecular formula is C16H31N3. The Labute approximate surface area is 119 Å². The Kier molecular flexibility index (Phi) is 6.29. The lowest BCUT2D eigenvalue weighted by atomic mass is 9.92. The Morgan fingerprint density at radius 2 is 2.11 bits per heavy atom. The van der Waals surface area contributed by atoms with Crippen LogP contribution in [-0.2, 0) is 0 Å². The Bertz CT molecular complexity index is 308. The van der Waals surface area contributed by atoms with Crippen LogP contribution in [0.2, 0.25) is 0 Å². The Morgan fingerprint density at radius 3 is 2.63 bits per heavy atom. The third-order valence-electron chi connectivity index (χ3n) is 4.39. The first-order valence-corrected chi connectivity index (χ1v) is 7.85. The summed E-state index contributed by atoms with van der Waals surface area (Å²) in [5, 5.41) is 12.9. The van der Waals surface area contributed by atoms with Crippen molar-refractivity contribution in [2.24, 2.45) is 5.92 Å². The van der Waals surface area contributed by atoms with E-state index in [9.17, 15) is 5.26 Å².